The molecule has 2 rings (SSSR count). The highest BCUT2D eigenvalue weighted by molar-refractivity contribution is 9.10. The zero-order valence-electron chi connectivity index (χ0n) is 11.5. The van der Waals surface area contributed by atoms with Crippen molar-refractivity contribution < 1.29 is 0 Å². The van der Waals surface area contributed by atoms with Gasteiger partial charge < -0.3 is 10.2 Å². The molecule has 1 atom stereocenters. The average Bonchev–Trinajstić information content (AvgIpc) is 2.32. The van der Waals surface area contributed by atoms with Crippen molar-refractivity contribution in [3.63, 3.8) is 0 Å². The van der Waals surface area contributed by atoms with Crippen molar-refractivity contribution in [2.45, 2.75) is 33.2 Å². The smallest absolute Gasteiger partial charge is 0.0514 e. The first-order valence-electron chi connectivity index (χ1n) is 6.80. The van der Waals surface area contributed by atoms with Gasteiger partial charge >= 0.3 is 0 Å². The molecule has 1 aliphatic heterocycles. The lowest BCUT2D eigenvalue weighted by molar-refractivity contribution is 0.388. The number of halogens is 1. The van der Waals surface area contributed by atoms with Gasteiger partial charge in [0.05, 0.1) is 5.69 Å². The van der Waals surface area contributed by atoms with Crippen LogP contribution in [0.4, 0.5) is 5.69 Å². The van der Waals surface area contributed by atoms with E-state index in [0.717, 1.165) is 25.6 Å². The van der Waals surface area contributed by atoms with Gasteiger partial charge in [0.15, 0.2) is 0 Å². The summed E-state index contributed by atoms with van der Waals surface area (Å²) in [5.41, 5.74) is 2.66. The van der Waals surface area contributed by atoms with E-state index in [1.165, 1.54) is 22.1 Å². The summed E-state index contributed by atoms with van der Waals surface area (Å²) in [6.07, 6.45) is 1.25. The Morgan fingerprint density at radius 3 is 2.94 bits per heavy atom. The van der Waals surface area contributed by atoms with E-state index in [4.69, 9.17) is 0 Å². The second kappa shape index (κ2) is 6.07. The molecule has 1 aliphatic rings. The molecule has 0 bridgehead atoms. The third-order valence-corrected chi connectivity index (χ3v) is 4.12. The van der Waals surface area contributed by atoms with E-state index in [1.54, 1.807) is 0 Å². The summed E-state index contributed by atoms with van der Waals surface area (Å²) in [7, 11) is 0. The molecule has 1 fully saturated rings. The molecule has 0 spiro atoms. The molecule has 100 valence electrons. The minimum absolute atomic E-state index is 0.617. The Labute approximate surface area is 119 Å². The molecule has 0 radical (unpaired) electrons. The Balaban J connectivity index is 2.10. The number of nitrogens with one attached hydrogen (secondary N) is 1. The summed E-state index contributed by atoms with van der Waals surface area (Å²) in [5, 5.41) is 3.63. The van der Waals surface area contributed by atoms with Crippen molar-refractivity contribution in [3.8, 4) is 0 Å². The molecule has 1 saturated heterocycles. The first kappa shape index (κ1) is 13.9. The number of piperazine rings is 1. The van der Waals surface area contributed by atoms with E-state index in [0.29, 0.717) is 6.04 Å². The van der Waals surface area contributed by atoms with E-state index in [1.807, 2.05) is 0 Å². The Hall–Kier alpha value is -0.540. The molecule has 1 unspecified atom stereocenters. The van der Waals surface area contributed by atoms with Gasteiger partial charge in [0.1, 0.15) is 0 Å². The van der Waals surface area contributed by atoms with Crippen molar-refractivity contribution in [2.24, 2.45) is 5.92 Å². The standard InChI is InChI=1S/C15H23BrN2/c1-11(2)8-13-10-18(7-6-17-13)15-9-12(3)4-5-14(15)16/h4-5,9,11,13,17H,6-8,10H2,1-3H3. The van der Waals surface area contributed by atoms with Crippen LogP contribution in [0.15, 0.2) is 22.7 Å². The van der Waals surface area contributed by atoms with Crippen molar-refractivity contribution in [1.82, 2.24) is 5.32 Å². The second-order valence-corrected chi connectivity index (χ2v) is 6.54. The van der Waals surface area contributed by atoms with Gasteiger partial charge in [-0.3, -0.25) is 0 Å². The molecular weight excluding hydrogens is 288 g/mol. The number of hydrogen-bond donors (Lipinski definition) is 1. The lowest BCUT2D eigenvalue weighted by atomic mass is 10.0. The predicted molar refractivity (Wildman–Crippen MR) is 82.3 cm³/mol. The van der Waals surface area contributed by atoms with Crippen LogP contribution < -0.4 is 10.2 Å². The molecule has 2 nitrogen and oxygen atoms in total. The van der Waals surface area contributed by atoms with Gasteiger partial charge in [-0.05, 0) is 52.9 Å². The van der Waals surface area contributed by atoms with Gasteiger partial charge in [0, 0.05) is 30.1 Å². The van der Waals surface area contributed by atoms with Crippen LogP contribution in [0.1, 0.15) is 25.8 Å². The topological polar surface area (TPSA) is 15.3 Å². The molecule has 0 aromatic heterocycles. The first-order valence-corrected chi connectivity index (χ1v) is 7.60. The third-order valence-electron chi connectivity index (χ3n) is 3.45. The largest absolute Gasteiger partial charge is 0.368 e. The molecule has 1 aromatic carbocycles. The number of hydrogen-bond acceptors (Lipinski definition) is 2. The Morgan fingerprint density at radius 1 is 1.44 bits per heavy atom. The lowest BCUT2D eigenvalue weighted by Gasteiger charge is -2.36. The van der Waals surface area contributed by atoms with Crippen molar-refractivity contribution in [2.75, 3.05) is 24.5 Å². The molecule has 3 heteroatoms. The summed E-state index contributed by atoms with van der Waals surface area (Å²) in [5.74, 6) is 0.753. The van der Waals surface area contributed by atoms with Gasteiger partial charge in [0.25, 0.3) is 0 Å². The number of nitrogens with zero attached hydrogens (tertiary/aromatic N) is 1. The van der Waals surface area contributed by atoms with Crippen LogP contribution in [0.5, 0.6) is 0 Å². The molecule has 0 amide bonds. The third kappa shape index (κ3) is 3.48. The van der Waals surface area contributed by atoms with Crippen LogP contribution >= 0.6 is 15.9 Å². The molecule has 1 heterocycles. The van der Waals surface area contributed by atoms with E-state index in [-0.39, 0.29) is 0 Å². The van der Waals surface area contributed by atoms with E-state index in [2.05, 4.69) is 65.1 Å². The number of benzene rings is 1. The minimum atomic E-state index is 0.617. The van der Waals surface area contributed by atoms with Gasteiger partial charge in [0.2, 0.25) is 0 Å². The van der Waals surface area contributed by atoms with Crippen molar-refractivity contribution >= 4 is 21.6 Å². The second-order valence-electron chi connectivity index (χ2n) is 5.68. The van der Waals surface area contributed by atoms with Crippen LogP contribution in [0.2, 0.25) is 0 Å². The number of aryl methyl sites for hydroxylation is 1. The van der Waals surface area contributed by atoms with Crippen LogP contribution in [0, 0.1) is 12.8 Å². The van der Waals surface area contributed by atoms with Crippen LogP contribution in [-0.4, -0.2) is 25.7 Å². The Bertz CT molecular complexity index is 403. The first-order chi connectivity index (χ1) is 8.56. The maximum atomic E-state index is 3.67. The Kier molecular flexibility index (Phi) is 4.68. The normalized spacial score (nSPS) is 20.5. The molecule has 0 saturated carbocycles. The quantitative estimate of drug-likeness (QED) is 0.918. The van der Waals surface area contributed by atoms with Gasteiger partial charge in [-0.15, -0.1) is 0 Å². The van der Waals surface area contributed by atoms with Crippen molar-refractivity contribution in [3.05, 3.63) is 28.2 Å². The Morgan fingerprint density at radius 2 is 2.22 bits per heavy atom. The zero-order chi connectivity index (χ0) is 13.1. The lowest BCUT2D eigenvalue weighted by Crippen LogP contribution is -2.51. The summed E-state index contributed by atoms with van der Waals surface area (Å²) >= 11 is 3.67. The summed E-state index contributed by atoms with van der Waals surface area (Å²) in [6.45, 7) is 10.0. The molecule has 0 aliphatic carbocycles. The number of anilines is 1. The monoisotopic (exact) mass is 310 g/mol. The minimum Gasteiger partial charge on any atom is -0.368 e. The van der Waals surface area contributed by atoms with Crippen LogP contribution in [0.3, 0.4) is 0 Å². The van der Waals surface area contributed by atoms with Crippen molar-refractivity contribution in [1.29, 1.82) is 0 Å². The zero-order valence-corrected chi connectivity index (χ0v) is 13.1. The van der Waals surface area contributed by atoms with E-state index in [9.17, 15) is 0 Å². The fourth-order valence-electron chi connectivity index (χ4n) is 2.64. The van der Waals surface area contributed by atoms with E-state index < -0.39 is 0 Å². The summed E-state index contributed by atoms with van der Waals surface area (Å²) < 4.78 is 1.21. The molecule has 1 aromatic rings. The fourth-order valence-corrected chi connectivity index (χ4v) is 3.13. The van der Waals surface area contributed by atoms with Gasteiger partial charge in [-0.1, -0.05) is 19.9 Å². The summed E-state index contributed by atoms with van der Waals surface area (Å²) in [6, 6.07) is 7.21. The highest BCUT2D eigenvalue weighted by Crippen LogP contribution is 2.28. The molecule has 1 N–H and O–H groups in total. The van der Waals surface area contributed by atoms with Crippen LogP contribution in [0.25, 0.3) is 0 Å². The maximum absolute atomic E-state index is 3.67. The SMILES string of the molecule is Cc1ccc(Br)c(N2CCNC(CC(C)C)C2)c1. The summed E-state index contributed by atoms with van der Waals surface area (Å²) in [4.78, 5) is 2.50. The molecule has 18 heavy (non-hydrogen) atoms. The van der Waals surface area contributed by atoms with E-state index >= 15 is 0 Å². The number of rotatable bonds is 3. The highest BCUT2D eigenvalue weighted by atomic mass is 79.9. The molecular formula is C15H23BrN2. The van der Waals surface area contributed by atoms with Gasteiger partial charge in [-0.2, -0.15) is 0 Å². The maximum Gasteiger partial charge on any atom is 0.0514 e. The fraction of sp³-hybridized carbons (Fsp3) is 0.600. The van der Waals surface area contributed by atoms with Crippen LogP contribution in [-0.2, 0) is 0 Å². The highest BCUT2D eigenvalue weighted by Gasteiger charge is 2.21. The average molecular weight is 311 g/mol. The van der Waals surface area contributed by atoms with Gasteiger partial charge in [-0.25, -0.2) is 0 Å². The predicted octanol–water partition coefficient (Wildman–Crippen LogP) is 3.58.